The van der Waals surface area contributed by atoms with E-state index in [0.29, 0.717) is 5.82 Å². The molecule has 0 aliphatic carbocycles. The minimum Gasteiger partial charge on any atom is -0.375 e. The number of nitrogens with zero attached hydrogens (tertiary/aromatic N) is 1. The number of H-pyrrole nitrogens is 1. The molecule has 2 heterocycles. The summed E-state index contributed by atoms with van der Waals surface area (Å²) in [5, 5.41) is 4.13. The van der Waals surface area contributed by atoms with Crippen LogP contribution in [0, 0.1) is 27.7 Å². The predicted octanol–water partition coefficient (Wildman–Crippen LogP) is 4.39. The fraction of sp³-hybridized carbons (Fsp3) is 0.333. The molecular formula is C18H21N3OS. The molecule has 0 aliphatic rings. The van der Waals surface area contributed by atoms with Gasteiger partial charge < -0.3 is 10.3 Å². The van der Waals surface area contributed by atoms with Gasteiger partial charge in [-0.3, -0.25) is 4.79 Å². The molecule has 0 radical (unpaired) electrons. The Labute approximate surface area is 139 Å². The number of aromatic amines is 1. The van der Waals surface area contributed by atoms with Crippen LogP contribution in [0.15, 0.2) is 23.0 Å². The minimum atomic E-state index is -0.0723. The molecule has 5 heteroatoms. The van der Waals surface area contributed by atoms with Crippen LogP contribution in [0.5, 0.6) is 0 Å². The first-order chi connectivity index (χ1) is 10.9. The van der Waals surface area contributed by atoms with Crippen LogP contribution in [0.3, 0.4) is 0 Å². The Morgan fingerprint density at radius 2 is 1.91 bits per heavy atom. The first kappa shape index (κ1) is 15.7. The van der Waals surface area contributed by atoms with Crippen LogP contribution in [-0.4, -0.2) is 9.97 Å². The summed E-state index contributed by atoms with van der Waals surface area (Å²) in [6.45, 7) is 10.2. The van der Waals surface area contributed by atoms with Crippen molar-refractivity contribution in [3.63, 3.8) is 0 Å². The molecule has 0 aliphatic heterocycles. The highest BCUT2D eigenvalue weighted by atomic mass is 32.1. The summed E-state index contributed by atoms with van der Waals surface area (Å²) in [6, 6.07) is 6.18. The summed E-state index contributed by atoms with van der Waals surface area (Å²) >= 11 is 1.58. The predicted molar refractivity (Wildman–Crippen MR) is 97.7 cm³/mol. The average Bonchev–Trinajstić information content (AvgIpc) is 2.78. The van der Waals surface area contributed by atoms with E-state index in [-0.39, 0.29) is 11.6 Å². The Bertz CT molecular complexity index is 939. The zero-order valence-corrected chi connectivity index (χ0v) is 14.9. The largest absolute Gasteiger partial charge is 0.375 e. The lowest BCUT2D eigenvalue weighted by Crippen LogP contribution is -2.17. The van der Waals surface area contributed by atoms with Gasteiger partial charge in [0.1, 0.15) is 10.7 Å². The number of rotatable bonds is 3. The number of aryl methyl sites for hydroxylation is 4. The highest BCUT2D eigenvalue weighted by molar-refractivity contribution is 7.18. The molecule has 0 fully saturated rings. The second-order valence-electron chi connectivity index (χ2n) is 6.08. The van der Waals surface area contributed by atoms with Crippen LogP contribution in [0.25, 0.3) is 10.2 Å². The molecule has 0 amide bonds. The molecule has 3 aromatic rings. The number of hydrogen-bond acceptors (Lipinski definition) is 4. The van der Waals surface area contributed by atoms with Crippen molar-refractivity contribution < 1.29 is 0 Å². The van der Waals surface area contributed by atoms with Crippen molar-refractivity contribution in [2.24, 2.45) is 0 Å². The Kier molecular flexibility index (Phi) is 3.98. The summed E-state index contributed by atoms with van der Waals surface area (Å²) in [6.07, 6.45) is 0. The Balaban J connectivity index is 1.96. The number of fused-ring (bicyclic) bond motifs is 1. The molecule has 120 valence electrons. The van der Waals surface area contributed by atoms with Crippen molar-refractivity contribution in [3.8, 4) is 0 Å². The van der Waals surface area contributed by atoms with Crippen molar-refractivity contribution in [2.75, 3.05) is 5.32 Å². The maximum absolute atomic E-state index is 12.4. The molecule has 2 N–H and O–H groups in total. The van der Waals surface area contributed by atoms with E-state index in [1.54, 1.807) is 11.3 Å². The first-order valence-corrected chi connectivity index (χ1v) is 8.52. The molecule has 4 nitrogen and oxygen atoms in total. The van der Waals surface area contributed by atoms with Crippen LogP contribution in [-0.2, 0) is 0 Å². The van der Waals surface area contributed by atoms with Gasteiger partial charge in [-0.25, -0.2) is 4.98 Å². The highest BCUT2D eigenvalue weighted by Crippen LogP contribution is 2.27. The lowest BCUT2D eigenvalue weighted by Gasteiger charge is -2.15. The Morgan fingerprint density at radius 1 is 1.17 bits per heavy atom. The van der Waals surface area contributed by atoms with E-state index < -0.39 is 0 Å². The smallest absolute Gasteiger partial charge is 0.259 e. The second kappa shape index (κ2) is 5.81. The molecule has 0 saturated carbocycles. The molecule has 3 rings (SSSR count). The minimum absolute atomic E-state index is 0.0550. The van der Waals surface area contributed by atoms with Crippen LogP contribution < -0.4 is 10.9 Å². The van der Waals surface area contributed by atoms with E-state index in [1.807, 2.05) is 20.8 Å². The summed E-state index contributed by atoms with van der Waals surface area (Å²) < 4.78 is 0. The quantitative estimate of drug-likeness (QED) is 0.750. The number of benzene rings is 1. The van der Waals surface area contributed by atoms with Crippen molar-refractivity contribution in [3.05, 3.63) is 55.9 Å². The maximum Gasteiger partial charge on any atom is 0.259 e. The van der Waals surface area contributed by atoms with E-state index >= 15 is 0 Å². The Hall–Kier alpha value is -2.14. The monoisotopic (exact) mass is 327 g/mol. The third-order valence-electron chi connectivity index (χ3n) is 4.36. The SMILES string of the molecule is Cc1ccc(N[C@@H](C)c2nc3sc(C)c(C)c3c(=O)[nH]2)cc1C. The van der Waals surface area contributed by atoms with Crippen LogP contribution >= 0.6 is 11.3 Å². The van der Waals surface area contributed by atoms with Gasteiger partial charge in [0, 0.05) is 10.6 Å². The third kappa shape index (κ3) is 2.88. The maximum atomic E-state index is 12.4. The van der Waals surface area contributed by atoms with E-state index in [1.165, 1.54) is 11.1 Å². The number of aromatic nitrogens is 2. The van der Waals surface area contributed by atoms with E-state index in [2.05, 4.69) is 47.3 Å². The summed E-state index contributed by atoms with van der Waals surface area (Å²) in [5.41, 5.74) is 4.51. The highest BCUT2D eigenvalue weighted by Gasteiger charge is 2.15. The van der Waals surface area contributed by atoms with E-state index in [4.69, 9.17) is 0 Å². The van der Waals surface area contributed by atoms with Crippen molar-refractivity contribution in [1.29, 1.82) is 0 Å². The van der Waals surface area contributed by atoms with Gasteiger partial charge >= 0.3 is 0 Å². The van der Waals surface area contributed by atoms with Crippen LogP contribution in [0.1, 0.15) is 40.4 Å². The number of hydrogen-bond donors (Lipinski definition) is 2. The van der Waals surface area contributed by atoms with E-state index in [9.17, 15) is 4.79 Å². The number of thiophene rings is 1. The van der Waals surface area contributed by atoms with Gasteiger partial charge in [-0.2, -0.15) is 0 Å². The van der Waals surface area contributed by atoms with Gasteiger partial charge in [-0.15, -0.1) is 11.3 Å². The molecule has 23 heavy (non-hydrogen) atoms. The van der Waals surface area contributed by atoms with Gasteiger partial charge in [-0.1, -0.05) is 6.07 Å². The molecule has 0 spiro atoms. The third-order valence-corrected chi connectivity index (χ3v) is 5.46. The zero-order valence-electron chi connectivity index (χ0n) is 14.1. The van der Waals surface area contributed by atoms with Gasteiger partial charge in [-0.05, 0) is 63.4 Å². The molecule has 0 bridgehead atoms. The summed E-state index contributed by atoms with van der Waals surface area (Å²) in [4.78, 5) is 21.9. The number of anilines is 1. The molecule has 1 atom stereocenters. The zero-order chi connectivity index (χ0) is 16.7. The topological polar surface area (TPSA) is 57.8 Å². The lowest BCUT2D eigenvalue weighted by molar-refractivity contribution is 0.792. The molecule has 0 unspecified atom stereocenters. The number of nitrogens with one attached hydrogen (secondary N) is 2. The van der Waals surface area contributed by atoms with Gasteiger partial charge in [0.25, 0.3) is 5.56 Å². The van der Waals surface area contributed by atoms with Crippen molar-refractivity contribution >= 4 is 27.2 Å². The lowest BCUT2D eigenvalue weighted by atomic mass is 10.1. The summed E-state index contributed by atoms with van der Waals surface area (Å²) in [7, 11) is 0. The van der Waals surface area contributed by atoms with Crippen molar-refractivity contribution in [1.82, 2.24) is 9.97 Å². The van der Waals surface area contributed by atoms with Crippen LogP contribution in [0.2, 0.25) is 0 Å². The van der Waals surface area contributed by atoms with Gasteiger partial charge in [0.15, 0.2) is 0 Å². The molecule has 2 aromatic heterocycles. The standard InChI is InChI=1S/C18H21N3OS/c1-9-6-7-14(8-10(9)2)19-12(4)16-20-17(22)15-11(3)13(5)23-18(15)21-16/h6-8,12,19H,1-5H3,(H,20,21,22)/t12-/m0/s1. The second-order valence-corrected chi connectivity index (χ2v) is 7.28. The van der Waals surface area contributed by atoms with Gasteiger partial charge in [0.2, 0.25) is 0 Å². The van der Waals surface area contributed by atoms with Gasteiger partial charge in [0.05, 0.1) is 11.4 Å². The molecule has 1 aromatic carbocycles. The Morgan fingerprint density at radius 3 is 2.61 bits per heavy atom. The fourth-order valence-corrected chi connectivity index (χ4v) is 3.66. The normalized spacial score (nSPS) is 12.6. The fourth-order valence-electron chi connectivity index (χ4n) is 2.63. The average molecular weight is 327 g/mol. The van der Waals surface area contributed by atoms with E-state index in [0.717, 1.165) is 26.3 Å². The summed E-state index contributed by atoms with van der Waals surface area (Å²) in [5.74, 6) is 0.668. The van der Waals surface area contributed by atoms with Crippen LogP contribution in [0.4, 0.5) is 5.69 Å². The first-order valence-electron chi connectivity index (χ1n) is 7.70. The molecular weight excluding hydrogens is 306 g/mol. The molecule has 0 saturated heterocycles. The van der Waals surface area contributed by atoms with Crippen molar-refractivity contribution in [2.45, 2.75) is 40.7 Å².